The first-order valence-electron chi connectivity index (χ1n) is 5.22. The molecule has 0 aromatic heterocycles. The van der Waals surface area contributed by atoms with E-state index >= 15 is 0 Å². The van der Waals surface area contributed by atoms with E-state index < -0.39 is 6.10 Å². The van der Waals surface area contributed by atoms with E-state index in [1.807, 2.05) is 6.92 Å². The Balaban J connectivity index is 2.31. The highest BCUT2D eigenvalue weighted by molar-refractivity contribution is 5.16. The van der Waals surface area contributed by atoms with Gasteiger partial charge in [-0.3, -0.25) is 0 Å². The lowest BCUT2D eigenvalue weighted by atomic mass is 10.1. The number of aliphatic hydroxyl groups is 1. The Bertz CT molecular complexity index is 271. The van der Waals surface area contributed by atoms with Crippen molar-refractivity contribution in [3.05, 3.63) is 35.6 Å². The molecular weight excluding hydrogens is 195 g/mol. The van der Waals surface area contributed by atoms with E-state index in [1.54, 1.807) is 12.1 Å². The van der Waals surface area contributed by atoms with Crippen molar-refractivity contribution in [3.63, 3.8) is 0 Å². The molecule has 1 atom stereocenters. The number of hydrogen-bond donors (Lipinski definition) is 1. The Labute approximate surface area is 89.7 Å². The molecule has 0 fully saturated rings. The van der Waals surface area contributed by atoms with Gasteiger partial charge in [0.15, 0.2) is 0 Å². The number of halogens is 1. The summed E-state index contributed by atoms with van der Waals surface area (Å²) < 4.78 is 17.7. The summed E-state index contributed by atoms with van der Waals surface area (Å²) in [6, 6.07) is 6.20. The van der Waals surface area contributed by atoms with Gasteiger partial charge in [-0.1, -0.05) is 12.1 Å². The predicted molar refractivity (Wildman–Crippen MR) is 57.2 cm³/mol. The second-order valence-corrected chi connectivity index (χ2v) is 3.47. The molecule has 0 bridgehead atoms. The van der Waals surface area contributed by atoms with Crippen LogP contribution in [0.3, 0.4) is 0 Å². The molecule has 0 amide bonds. The summed E-state index contributed by atoms with van der Waals surface area (Å²) in [7, 11) is 0. The van der Waals surface area contributed by atoms with Gasteiger partial charge >= 0.3 is 0 Å². The molecule has 0 aliphatic carbocycles. The molecule has 1 unspecified atom stereocenters. The van der Waals surface area contributed by atoms with Gasteiger partial charge in [-0.15, -0.1) is 0 Å². The smallest absolute Gasteiger partial charge is 0.123 e. The number of aliphatic hydroxyl groups excluding tert-OH is 1. The number of hydrogen-bond acceptors (Lipinski definition) is 2. The Morgan fingerprint density at radius 2 is 2.00 bits per heavy atom. The summed E-state index contributed by atoms with van der Waals surface area (Å²) in [4.78, 5) is 0. The summed E-state index contributed by atoms with van der Waals surface area (Å²) in [5.74, 6) is -0.248. The van der Waals surface area contributed by atoms with Crippen LogP contribution in [-0.2, 0) is 11.2 Å². The van der Waals surface area contributed by atoms with Crippen LogP contribution in [0.5, 0.6) is 0 Å². The van der Waals surface area contributed by atoms with Gasteiger partial charge in [-0.05, 0) is 37.5 Å². The average Bonchev–Trinajstić information content (AvgIpc) is 2.22. The predicted octanol–water partition coefficient (Wildman–Crippen LogP) is 2.16. The van der Waals surface area contributed by atoms with E-state index in [4.69, 9.17) is 4.74 Å². The monoisotopic (exact) mass is 212 g/mol. The summed E-state index contributed by atoms with van der Waals surface area (Å²) >= 11 is 0. The van der Waals surface area contributed by atoms with Crippen molar-refractivity contribution in [1.82, 2.24) is 0 Å². The minimum Gasteiger partial charge on any atom is -0.393 e. The van der Waals surface area contributed by atoms with Crippen LogP contribution in [0.2, 0.25) is 0 Å². The van der Waals surface area contributed by atoms with Crippen molar-refractivity contribution >= 4 is 0 Å². The van der Waals surface area contributed by atoms with Gasteiger partial charge in [-0.2, -0.15) is 0 Å². The highest BCUT2D eigenvalue weighted by Crippen LogP contribution is 2.07. The van der Waals surface area contributed by atoms with Crippen molar-refractivity contribution in [1.29, 1.82) is 0 Å². The van der Waals surface area contributed by atoms with Crippen LogP contribution < -0.4 is 0 Å². The molecule has 15 heavy (non-hydrogen) atoms. The Hall–Kier alpha value is -0.930. The molecule has 0 heterocycles. The third-order valence-corrected chi connectivity index (χ3v) is 2.18. The van der Waals surface area contributed by atoms with Crippen molar-refractivity contribution in [2.24, 2.45) is 0 Å². The molecule has 1 aromatic rings. The van der Waals surface area contributed by atoms with Gasteiger partial charge in [0.05, 0.1) is 6.10 Å². The Morgan fingerprint density at radius 1 is 1.33 bits per heavy atom. The van der Waals surface area contributed by atoms with Gasteiger partial charge in [0.2, 0.25) is 0 Å². The summed E-state index contributed by atoms with van der Waals surface area (Å²) in [5.41, 5.74) is 0.945. The highest BCUT2D eigenvalue weighted by Gasteiger charge is 2.05. The third-order valence-electron chi connectivity index (χ3n) is 2.18. The topological polar surface area (TPSA) is 29.5 Å². The zero-order valence-electron chi connectivity index (χ0n) is 8.95. The molecule has 3 heteroatoms. The maximum atomic E-state index is 12.6. The Morgan fingerprint density at radius 3 is 2.60 bits per heavy atom. The van der Waals surface area contributed by atoms with E-state index in [-0.39, 0.29) is 5.82 Å². The van der Waals surface area contributed by atoms with Crippen molar-refractivity contribution < 1.29 is 14.2 Å². The first kappa shape index (κ1) is 12.1. The molecule has 0 saturated carbocycles. The first-order valence-corrected chi connectivity index (χ1v) is 5.22. The van der Waals surface area contributed by atoms with E-state index in [0.717, 1.165) is 5.56 Å². The van der Waals surface area contributed by atoms with Gasteiger partial charge in [0, 0.05) is 13.2 Å². The van der Waals surface area contributed by atoms with Crippen LogP contribution >= 0.6 is 0 Å². The molecular formula is C12H17FO2. The lowest BCUT2D eigenvalue weighted by molar-refractivity contribution is 0.0887. The van der Waals surface area contributed by atoms with E-state index in [9.17, 15) is 9.50 Å². The maximum Gasteiger partial charge on any atom is 0.123 e. The van der Waals surface area contributed by atoms with Gasteiger partial charge in [0.25, 0.3) is 0 Å². The lowest BCUT2D eigenvalue weighted by Gasteiger charge is -2.10. The van der Waals surface area contributed by atoms with E-state index in [2.05, 4.69) is 0 Å². The zero-order chi connectivity index (χ0) is 11.1. The first-order chi connectivity index (χ1) is 7.22. The average molecular weight is 212 g/mol. The lowest BCUT2D eigenvalue weighted by Crippen LogP contribution is -2.13. The fourth-order valence-electron chi connectivity index (χ4n) is 1.36. The molecule has 0 radical (unpaired) electrons. The highest BCUT2D eigenvalue weighted by atomic mass is 19.1. The van der Waals surface area contributed by atoms with Gasteiger partial charge in [-0.25, -0.2) is 4.39 Å². The quantitative estimate of drug-likeness (QED) is 0.732. The second-order valence-electron chi connectivity index (χ2n) is 3.47. The molecule has 0 aliphatic rings. The second kappa shape index (κ2) is 6.53. The molecule has 0 spiro atoms. The van der Waals surface area contributed by atoms with Gasteiger partial charge < -0.3 is 9.84 Å². The number of benzene rings is 1. The molecule has 0 saturated heterocycles. The minimum atomic E-state index is -0.415. The molecule has 0 aliphatic heterocycles. The summed E-state index contributed by atoms with van der Waals surface area (Å²) in [6.07, 6.45) is 0.750. The Kier molecular flexibility index (Phi) is 5.29. The van der Waals surface area contributed by atoms with Crippen LogP contribution in [0.25, 0.3) is 0 Å². The molecule has 1 rings (SSSR count). The number of rotatable bonds is 6. The third kappa shape index (κ3) is 4.91. The van der Waals surface area contributed by atoms with Gasteiger partial charge in [0.1, 0.15) is 5.82 Å². The van der Waals surface area contributed by atoms with Crippen LogP contribution in [0.4, 0.5) is 4.39 Å². The summed E-state index contributed by atoms with van der Waals surface area (Å²) in [5, 5.41) is 9.62. The fraction of sp³-hybridized carbons (Fsp3) is 0.500. The van der Waals surface area contributed by atoms with Crippen molar-refractivity contribution in [3.8, 4) is 0 Å². The number of ether oxygens (including phenoxy) is 1. The van der Waals surface area contributed by atoms with Crippen molar-refractivity contribution in [2.75, 3.05) is 13.2 Å². The normalized spacial score (nSPS) is 12.7. The van der Waals surface area contributed by atoms with Crippen LogP contribution in [0.1, 0.15) is 18.9 Å². The maximum absolute atomic E-state index is 12.6. The van der Waals surface area contributed by atoms with E-state index in [0.29, 0.717) is 26.1 Å². The molecule has 1 N–H and O–H groups in total. The zero-order valence-corrected chi connectivity index (χ0v) is 8.95. The van der Waals surface area contributed by atoms with E-state index in [1.165, 1.54) is 12.1 Å². The molecule has 84 valence electrons. The molecule has 1 aromatic carbocycles. The molecule has 2 nitrogen and oxygen atoms in total. The fourth-order valence-corrected chi connectivity index (χ4v) is 1.36. The SMILES string of the molecule is CCOCCC(O)Cc1ccc(F)cc1. The minimum absolute atomic E-state index is 0.248. The largest absolute Gasteiger partial charge is 0.393 e. The summed E-state index contributed by atoms with van der Waals surface area (Å²) in [6.45, 7) is 3.16. The van der Waals surface area contributed by atoms with Crippen LogP contribution in [-0.4, -0.2) is 24.4 Å². The van der Waals surface area contributed by atoms with Crippen LogP contribution in [0, 0.1) is 5.82 Å². The van der Waals surface area contributed by atoms with Crippen molar-refractivity contribution in [2.45, 2.75) is 25.9 Å². The van der Waals surface area contributed by atoms with Crippen LogP contribution in [0.15, 0.2) is 24.3 Å². The standard InChI is InChI=1S/C12H17FO2/c1-2-15-8-7-12(14)9-10-3-5-11(13)6-4-10/h3-6,12,14H,2,7-9H2,1H3.